The van der Waals surface area contributed by atoms with Crippen molar-refractivity contribution in [2.45, 2.75) is 24.8 Å². The minimum absolute atomic E-state index is 0.305. The summed E-state index contributed by atoms with van der Waals surface area (Å²) in [6.45, 7) is 3.06. The molecule has 1 atom stereocenters. The summed E-state index contributed by atoms with van der Waals surface area (Å²) in [5, 5.41) is 8.63. The highest BCUT2D eigenvalue weighted by Crippen LogP contribution is 2.24. The maximum absolute atomic E-state index is 13.5. The lowest BCUT2D eigenvalue weighted by Gasteiger charge is -2.18. The molecule has 0 radical (unpaired) electrons. The van der Waals surface area contributed by atoms with Crippen LogP contribution in [0.2, 0.25) is 5.02 Å². The molecule has 1 rings (SSSR count). The van der Waals surface area contributed by atoms with E-state index < -0.39 is 38.7 Å². The highest BCUT2D eigenvalue weighted by atomic mass is 35.5. The predicted octanol–water partition coefficient (Wildman–Crippen LogP) is 1.87. The second-order valence-corrected chi connectivity index (χ2v) is 6.29. The zero-order valence-electron chi connectivity index (χ0n) is 10.2. The third-order valence-electron chi connectivity index (χ3n) is 2.40. The van der Waals surface area contributed by atoms with Crippen molar-refractivity contribution in [3.63, 3.8) is 0 Å². The van der Waals surface area contributed by atoms with E-state index in [-0.39, 0.29) is 5.02 Å². The Morgan fingerprint density at radius 2 is 2.00 bits per heavy atom. The van der Waals surface area contributed by atoms with Crippen LogP contribution >= 0.6 is 11.6 Å². The van der Waals surface area contributed by atoms with Gasteiger partial charge in [0.15, 0.2) is 0 Å². The van der Waals surface area contributed by atoms with Gasteiger partial charge in [0, 0.05) is 0 Å². The van der Waals surface area contributed by atoms with E-state index in [4.69, 9.17) is 16.7 Å². The number of hydrogen-bond acceptors (Lipinski definition) is 3. The Morgan fingerprint density at radius 1 is 1.42 bits per heavy atom. The molecular formula is C11H13ClFNO4S. The smallest absolute Gasteiger partial charge is 0.322 e. The van der Waals surface area contributed by atoms with Crippen LogP contribution in [-0.4, -0.2) is 25.5 Å². The molecule has 0 aliphatic heterocycles. The zero-order valence-corrected chi connectivity index (χ0v) is 11.8. The molecule has 19 heavy (non-hydrogen) atoms. The lowest BCUT2D eigenvalue weighted by atomic mass is 10.1. The molecule has 0 heterocycles. The summed E-state index contributed by atoms with van der Waals surface area (Å²) in [5.41, 5.74) is 0. The number of carbonyl (C=O) groups is 1. The Balaban J connectivity index is 3.22. The van der Waals surface area contributed by atoms with Crippen LogP contribution in [0, 0.1) is 11.7 Å². The van der Waals surface area contributed by atoms with Crippen molar-refractivity contribution in [3.05, 3.63) is 29.0 Å². The summed E-state index contributed by atoms with van der Waals surface area (Å²) in [5.74, 6) is -2.88. The molecule has 0 unspecified atom stereocenters. The summed E-state index contributed by atoms with van der Waals surface area (Å²) in [7, 11) is -4.35. The van der Waals surface area contributed by atoms with Gasteiger partial charge in [0.05, 0.1) is 5.02 Å². The number of benzene rings is 1. The van der Waals surface area contributed by atoms with Gasteiger partial charge >= 0.3 is 5.97 Å². The van der Waals surface area contributed by atoms with E-state index in [1.54, 1.807) is 0 Å². The first-order valence-corrected chi connectivity index (χ1v) is 7.22. The van der Waals surface area contributed by atoms with Crippen LogP contribution in [0.5, 0.6) is 0 Å². The molecule has 0 spiro atoms. The molecule has 5 nitrogen and oxygen atoms in total. The molecule has 0 saturated heterocycles. The van der Waals surface area contributed by atoms with Crippen LogP contribution in [0.15, 0.2) is 23.1 Å². The highest BCUT2D eigenvalue weighted by Gasteiger charge is 2.31. The number of nitrogens with one attached hydrogen (secondary N) is 1. The average Bonchev–Trinajstić information content (AvgIpc) is 2.24. The van der Waals surface area contributed by atoms with E-state index in [0.717, 1.165) is 6.07 Å². The summed E-state index contributed by atoms with van der Waals surface area (Å²) >= 11 is 5.65. The molecular weight excluding hydrogens is 297 g/mol. The minimum atomic E-state index is -4.35. The van der Waals surface area contributed by atoms with E-state index in [9.17, 15) is 17.6 Å². The quantitative estimate of drug-likeness (QED) is 0.869. The van der Waals surface area contributed by atoms with Gasteiger partial charge in [0.2, 0.25) is 10.0 Å². The van der Waals surface area contributed by atoms with Crippen molar-refractivity contribution >= 4 is 27.6 Å². The monoisotopic (exact) mass is 309 g/mol. The van der Waals surface area contributed by atoms with Crippen LogP contribution in [0.25, 0.3) is 0 Å². The van der Waals surface area contributed by atoms with Crippen LogP contribution < -0.4 is 4.72 Å². The average molecular weight is 310 g/mol. The van der Waals surface area contributed by atoms with E-state index in [0.29, 0.717) is 0 Å². The van der Waals surface area contributed by atoms with Crippen molar-refractivity contribution in [2.75, 3.05) is 0 Å². The van der Waals surface area contributed by atoms with Gasteiger partial charge in [-0.3, -0.25) is 4.79 Å². The number of hydrogen-bond donors (Lipinski definition) is 2. The SMILES string of the molecule is CC(C)[C@H](NS(=O)(=O)c1c(F)cccc1Cl)C(=O)O. The normalized spacial score (nSPS) is 13.5. The molecule has 0 aliphatic rings. The van der Waals surface area contributed by atoms with E-state index in [1.807, 2.05) is 4.72 Å². The Kier molecular flexibility index (Phi) is 4.89. The van der Waals surface area contributed by atoms with E-state index in [1.165, 1.54) is 26.0 Å². The zero-order chi connectivity index (χ0) is 14.8. The Hall–Kier alpha value is -1.18. The van der Waals surface area contributed by atoms with E-state index in [2.05, 4.69) is 0 Å². The van der Waals surface area contributed by atoms with Crippen LogP contribution in [0.3, 0.4) is 0 Å². The minimum Gasteiger partial charge on any atom is -0.480 e. The standard InChI is InChI=1S/C11H13ClFNO4S/c1-6(2)9(11(15)16)14-19(17,18)10-7(12)4-3-5-8(10)13/h3-6,9,14H,1-2H3,(H,15,16)/t9-/m0/s1. The maximum Gasteiger partial charge on any atom is 0.322 e. The molecule has 106 valence electrons. The number of carboxylic acids is 1. The first-order valence-electron chi connectivity index (χ1n) is 5.36. The Bertz CT molecular complexity index is 568. The summed E-state index contributed by atoms with van der Waals surface area (Å²) in [6, 6.07) is 2.05. The Morgan fingerprint density at radius 3 is 2.42 bits per heavy atom. The third-order valence-corrected chi connectivity index (χ3v) is 4.35. The van der Waals surface area contributed by atoms with E-state index >= 15 is 0 Å². The van der Waals surface area contributed by atoms with Gasteiger partial charge in [-0.05, 0) is 18.1 Å². The van der Waals surface area contributed by atoms with Gasteiger partial charge in [-0.15, -0.1) is 0 Å². The second kappa shape index (κ2) is 5.85. The summed E-state index contributed by atoms with van der Waals surface area (Å²) < 4.78 is 39.5. The fraction of sp³-hybridized carbons (Fsp3) is 0.364. The van der Waals surface area contributed by atoms with Crippen molar-refractivity contribution < 1.29 is 22.7 Å². The van der Waals surface area contributed by atoms with Crippen molar-refractivity contribution in [3.8, 4) is 0 Å². The number of sulfonamides is 1. The highest BCUT2D eigenvalue weighted by molar-refractivity contribution is 7.89. The lowest BCUT2D eigenvalue weighted by Crippen LogP contribution is -2.44. The molecule has 0 aliphatic carbocycles. The fourth-order valence-corrected chi connectivity index (χ4v) is 3.38. The predicted molar refractivity (Wildman–Crippen MR) is 68.0 cm³/mol. The lowest BCUT2D eigenvalue weighted by molar-refractivity contribution is -0.140. The maximum atomic E-state index is 13.5. The van der Waals surface area contributed by atoms with Gasteiger partial charge in [0.25, 0.3) is 0 Å². The number of carboxylic acid groups (broad SMARTS) is 1. The molecule has 1 aromatic rings. The number of aliphatic carboxylic acids is 1. The number of rotatable bonds is 5. The van der Waals surface area contributed by atoms with Gasteiger partial charge in [0.1, 0.15) is 16.8 Å². The molecule has 8 heteroatoms. The van der Waals surface area contributed by atoms with Crippen LogP contribution in [0.1, 0.15) is 13.8 Å². The van der Waals surface area contributed by atoms with Gasteiger partial charge in [-0.2, -0.15) is 4.72 Å². The molecule has 2 N–H and O–H groups in total. The molecule has 0 bridgehead atoms. The third kappa shape index (κ3) is 3.65. The van der Waals surface area contributed by atoms with Crippen LogP contribution in [-0.2, 0) is 14.8 Å². The molecule has 0 amide bonds. The summed E-state index contributed by atoms with van der Waals surface area (Å²) in [4.78, 5) is 10.2. The second-order valence-electron chi connectivity index (χ2n) is 4.23. The van der Waals surface area contributed by atoms with Crippen LogP contribution in [0.4, 0.5) is 4.39 Å². The van der Waals surface area contributed by atoms with Gasteiger partial charge in [-0.25, -0.2) is 12.8 Å². The fourth-order valence-electron chi connectivity index (χ4n) is 1.44. The van der Waals surface area contributed by atoms with Crippen molar-refractivity contribution in [1.29, 1.82) is 0 Å². The van der Waals surface area contributed by atoms with Crippen molar-refractivity contribution in [2.24, 2.45) is 5.92 Å². The first kappa shape index (κ1) is 15.9. The van der Waals surface area contributed by atoms with Gasteiger partial charge < -0.3 is 5.11 Å². The number of halogens is 2. The molecule has 0 fully saturated rings. The first-order chi connectivity index (χ1) is 8.66. The van der Waals surface area contributed by atoms with Gasteiger partial charge in [-0.1, -0.05) is 31.5 Å². The van der Waals surface area contributed by atoms with Crippen molar-refractivity contribution in [1.82, 2.24) is 4.72 Å². The summed E-state index contributed by atoms with van der Waals surface area (Å²) in [6.07, 6.45) is 0. The topological polar surface area (TPSA) is 83.5 Å². The molecule has 0 aromatic heterocycles. The molecule has 0 saturated carbocycles. The molecule has 1 aromatic carbocycles. The Labute approximate surface area is 115 Å². The largest absolute Gasteiger partial charge is 0.480 e.